The third-order valence-electron chi connectivity index (χ3n) is 6.76. The molecule has 2 aromatic carbocycles. The third-order valence-corrected chi connectivity index (χ3v) is 6.76. The van der Waals surface area contributed by atoms with Gasteiger partial charge < -0.3 is 25.2 Å². The van der Waals surface area contributed by atoms with E-state index in [0.717, 1.165) is 41.5 Å². The molecule has 1 unspecified atom stereocenters. The first kappa shape index (κ1) is 23.8. The molecule has 0 spiro atoms. The monoisotopic (exact) mass is 466 g/mol. The van der Waals surface area contributed by atoms with E-state index in [2.05, 4.69) is 22.8 Å². The molecule has 34 heavy (non-hydrogen) atoms. The van der Waals surface area contributed by atoms with Crippen molar-refractivity contribution >= 4 is 18.0 Å². The molecule has 0 aliphatic heterocycles. The van der Waals surface area contributed by atoms with E-state index in [-0.39, 0.29) is 19.1 Å². The number of hydrogen-bond acceptors (Lipinski definition) is 5. The molecule has 0 aromatic heterocycles. The van der Waals surface area contributed by atoms with Gasteiger partial charge in [-0.15, -0.1) is 0 Å². The lowest BCUT2D eigenvalue weighted by molar-refractivity contribution is -0.144. The van der Waals surface area contributed by atoms with Gasteiger partial charge in [0.1, 0.15) is 12.1 Å². The van der Waals surface area contributed by atoms with Gasteiger partial charge in [-0.05, 0) is 35.1 Å². The standard InChI is InChI=1S/C26H30N2O6/c1-33-16-22(23(29)30)27-24(31)26(13-7-2-8-14-26)28-25(32)34-15-21-19-11-5-3-9-17(19)18-10-4-6-12-20(18)21/h3-6,9-12,21-22H,2,7-8,13-16H2,1H3,(H,27,31)(H,28,32)(H,29,30). The molecule has 3 N–H and O–H groups in total. The normalized spacial score (nSPS) is 17.2. The Balaban J connectivity index is 1.46. The number of fused-ring (bicyclic) bond motifs is 3. The number of alkyl carbamates (subject to hydrolysis) is 1. The number of aliphatic carboxylic acids is 1. The molecule has 8 nitrogen and oxygen atoms in total. The second-order valence-electron chi connectivity index (χ2n) is 8.91. The molecule has 2 amide bonds. The first-order valence-electron chi connectivity index (χ1n) is 11.6. The lowest BCUT2D eigenvalue weighted by Crippen LogP contribution is -2.62. The highest BCUT2D eigenvalue weighted by atomic mass is 16.5. The zero-order valence-corrected chi connectivity index (χ0v) is 19.2. The van der Waals surface area contributed by atoms with Crippen LogP contribution in [-0.4, -0.2) is 55.0 Å². The van der Waals surface area contributed by atoms with Crippen molar-refractivity contribution in [3.63, 3.8) is 0 Å². The zero-order chi connectivity index (χ0) is 24.1. The van der Waals surface area contributed by atoms with Crippen molar-refractivity contribution < 1.29 is 29.0 Å². The maximum Gasteiger partial charge on any atom is 0.408 e. The van der Waals surface area contributed by atoms with Crippen molar-refractivity contribution in [2.45, 2.75) is 49.6 Å². The summed E-state index contributed by atoms with van der Waals surface area (Å²) in [6.07, 6.45) is 2.60. The molecule has 2 aliphatic carbocycles. The average Bonchev–Trinajstić information content (AvgIpc) is 3.16. The molecule has 2 aliphatic rings. The molecule has 0 radical (unpaired) electrons. The Morgan fingerprint density at radius 1 is 1.00 bits per heavy atom. The van der Waals surface area contributed by atoms with Crippen molar-refractivity contribution in [3.05, 3.63) is 59.7 Å². The smallest absolute Gasteiger partial charge is 0.408 e. The predicted octanol–water partition coefficient (Wildman–Crippen LogP) is 3.44. The Bertz CT molecular complexity index is 1020. The van der Waals surface area contributed by atoms with Crippen LogP contribution in [0.4, 0.5) is 4.79 Å². The van der Waals surface area contributed by atoms with E-state index in [9.17, 15) is 19.5 Å². The van der Waals surface area contributed by atoms with Crippen LogP contribution in [0.2, 0.25) is 0 Å². The van der Waals surface area contributed by atoms with Gasteiger partial charge in [0, 0.05) is 13.0 Å². The SMILES string of the molecule is COCC(NC(=O)C1(NC(=O)OCC2c3ccccc3-c3ccccc32)CCCCC1)C(=O)O. The lowest BCUT2D eigenvalue weighted by atomic mass is 9.80. The van der Waals surface area contributed by atoms with E-state index in [1.807, 2.05) is 36.4 Å². The molecule has 0 heterocycles. The Morgan fingerprint density at radius 2 is 1.59 bits per heavy atom. The highest BCUT2D eigenvalue weighted by molar-refractivity contribution is 5.93. The first-order valence-corrected chi connectivity index (χ1v) is 11.6. The van der Waals surface area contributed by atoms with Crippen molar-refractivity contribution in [1.82, 2.24) is 10.6 Å². The van der Waals surface area contributed by atoms with Crippen LogP contribution in [0.25, 0.3) is 11.1 Å². The number of carboxylic acids is 1. The lowest BCUT2D eigenvalue weighted by Gasteiger charge is -2.37. The number of rotatable bonds is 8. The quantitative estimate of drug-likeness (QED) is 0.549. The predicted molar refractivity (Wildman–Crippen MR) is 125 cm³/mol. The molecule has 1 fully saturated rings. The summed E-state index contributed by atoms with van der Waals surface area (Å²) in [6.45, 7) is -0.0267. The van der Waals surface area contributed by atoms with Crippen LogP contribution < -0.4 is 10.6 Å². The molecule has 8 heteroatoms. The fourth-order valence-electron chi connectivity index (χ4n) is 5.03. The number of amides is 2. The zero-order valence-electron chi connectivity index (χ0n) is 19.2. The van der Waals surface area contributed by atoms with Gasteiger partial charge in [0.05, 0.1) is 6.61 Å². The Hall–Kier alpha value is -3.39. The van der Waals surface area contributed by atoms with Gasteiger partial charge in [-0.25, -0.2) is 9.59 Å². The number of carboxylic acid groups (broad SMARTS) is 1. The van der Waals surface area contributed by atoms with Gasteiger partial charge in [-0.1, -0.05) is 67.8 Å². The van der Waals surface area contributed by atoms with Crippen molar-refractivity contribution in [3.8, 4) is 11.1 Å². The van der Waals surface area contributed by atoms with Crippen LogP contribution in [-0.2, 0) is 19.1 Å². The molecule has 180 valence electrons. The van der Waals surface area contributed by atoms with E-state index >= 15 is 0 Å². The van der Waals surface area contributed by atoms with Gasteiger partial charge in [-0.3, -0.25) is 4.79 Å². The second kappa shape index (κ2) is 10.3. The number of hydrogen-bond donors (Lipinski definition) is 3. The number of nitrogens with one attached hydrogen (secondary N) is 2. The van der Waals surface area contributed by atoms with E-state index < -0.39 is 29.6 Å². The maximum absolute atomic E-state index is 13.1. The number of carbonyl (C=O) groups is 3. The molecular weight excluding hydrogens is 436 g/mol. The maximum atomic E-state index is 13.1. The summed E-state index contributed by atoms with van der Waals surface area (Å²) >= 11 is 0. The summed E-state index contributed by atoms with van der Waals surface area (Å²) < 4.78 is 10.6. The number of carbonyl (C=O) groups excluding carboxylic acids is 2. The molecule has 1 atom stereocenters. The van der Waals surface area contributed by atoms with Gasteiger partial charge in [0.2, 0.25) is 5.91 Å². The molecular formula is C26H30N2O6. The van der Waals surface area contributed by atoms with Crippen molar-refractivity contribution in [1.29, 1.82) is 0 Å². The van der Waals surface area contributed by atoms with Crippen LogP contribution >= 0.6 is 0 Å². The number of benzene rings is 2. The van der Waals surface area contributed by atoms with E-state index in [1.54, 1.807) is 0 Å². The molecule has 0 saturated heterocycles. The van der Waals surface area contributed by atoms with E-state index in [1.165, 1.54) is 7.11 Å². The van der Waals surface area contributed by atoms with Gasteiger partial charge in [0.25, 0.3) is 0 Å². The van der Waals surface area contributed by atoms with Crippen LogP contribution in [0.1, 0.15) is 49.1 Å². The van der Waals surface area contributed by atoms with Crippen molar-refractivity contribution in [2.24, 2.45) is 0 Å². The highest BCUT2D eigenvalue weighted by Crippen LogP contribution is 2.44. The van der Waals surface area contributed by atoms with E-state index in [4.69, 9.17) is 9.47 Å². The van der Waals surface area contributed by atoms with Crippen LogP contribution in [0.15, 0.2) is 48.5 Å². The summed E-state index contributed by atoms with van der Waals surface area (Å²) in [5.41, 5.74) is 3.26. The second-order valence-corrected chi connectivity index (χ2v) is 8.91. The van der Waals surface area contributed by atoms with Crippen LogP contribution in [0, 0.1) is 0 Å². The average molecular weight is 467 g/mol. The molecule has 1 saturated carbocycles. The summed E-state index contributed by atoms with van der Waals surface area (Å²) in [7, 11) is 1.37. The Kier molecular flexibility index (Phi) is 7.17. The number of methoxy groups -OCH3 is 1. The van der Waals surface area contributed by atoms with Crippen LogP contribution in [0.3, 0.4) is 0 Å². The fraction of sp³-hybridized carbons (Fsp3) is 0.423. The minimum atomic E-state index is -1.21. The summed E-state index contributed by atoms with van der Waals surface area (Å²) in [5, 5.41) is 14.7. The molecule has 2 aromatic rings. The first-order chi connectivity index (χ1) is 16.4. The minimum Gasteiger partial charge on any atom is -0.480 e. The topological polar surface area (TPSA) is 114 Å². The summed E-state index contributed by atoms with van der Waals surface area (Å²) in [4.78, 5) is 37.5. The Labute approximate surface area is 198 Å². The van der Waals surface area contributed by atoms with Crippen LogP contribution in [0.5, 0.6) is 0 Å². The largest absolute Gasteiger partial charge is 0.480 e. The minimum absolute atomic E-state index is 0.0904. The van der Waals surface area contributed by atoms with Gasteiger partial charge in [0.15, 0.2) is 6.04 Å². The Morgan fingerprint density at radius 3 is 2.15 bits per heavy atom. The third kappa shape index (κ3) is 4.77. The van der Waals surface area contributed by atoms with Gasteiger partial charge in [-0.2, -0.15) is 0 Å². The summed E-state index contributed by atoms with van der Waals surface area (Å²) in [6, 6.07) is 14.9. The van der Waals surface area contributed by atoms with E-state index in [0.29, 0.717) is 12.8 Å². The summed E-state index contributed by atoms with van der Waals surface area (Å²) in [5.74, 6) is -1.81. The molecule has 0 bridgehead atoms. The fourth-order valence-corrected chi connectivity index (χ4v) is 5.03. The van der Waals surface area contributed by atoms with Gasteiger partial charge >= 0.3 is 12.1 Å². The molecule has 4 rings (SSSR count). The van der Waals surface area contributed by atoms with Crippen molar-refractivity contribution in [2.75, 3.05) is 20.3 Å². The number of ether oxygens (including phenoxy) is 2. The highest BCUT2D eigenvalue weighted by Gasteiger charge is 2.43.